The standard InChI is InChI=1S/C18H17NO4/c1-12(20)19(22)10-9-13-6-4-8-16-17(21)15-7-3-2-5-14(15)11-23-18(13)16/h2-8,22H,9-11H2,1H3. The van der Waals surface area contributed by atoms with Gasteiger partial charge in [-0.2, -0.15) is 0 Å². The second kappa shape index (κ2) is 6.22. The highest BCUT2D eigenvalue weighted by atomic mass is 16.5. The van der Waals surface area contributed by atoms with Crippen molar-refractivity contribution >= 4 is 11.7 Å². The molecule has 5 heteroatoms. The van der Waals surface area contributed by atoms with E-state index in [1.807, 2.05) is 24.3 Å². The van der Waals surface area contributed by atoms with Crippen molar-refractivity contribution in [2.24, 2.45) is 0 Å². The van der Waals surface area contributed by atoms with E-state index in [1.165, 1.54) is 6.92 Å². The van der Waals surface area contributed by atoms with Gasteiger partial charge in [0.15, 0.2) is 5.78 Å². The molecule has 0 fully saturated rings. The molecule has 23 heavy (non-hydrogen) atoms. The summed E-state index contributed by atoms with van der Waals surface area (Å²) < 4.78 is 5.86. The molecule has 0 spiro atoms. The molecule has 0 saturated carbocycles. The predicted octanol–water partition coefficient (Wildman–Crippen LogP) is 2.59. The van der Waals surface area contributed by atoms with E-state index in [4.69, 9.17) is 4.74 Å². The average molecular weight is 311 g/mol. The van der Waals surface area contributed by atoms with Gasteiger partial charge >= 0.3 is 0 Å². The molecule has 0 saturated heterocycles. The Bertz CT molecular complexity index is 769. The van der Waals surface area contributed by atoms with Crippen LogP contribution in [0.5, 0.6) is 5.75 Å². The number of hydrogen-bond acceptors (Lipinski definition) is 4. The molecule has 0 aromatic heterocycles. The van der Waals surface area contributed by atoms with Crippen LogP contribution in [0, 0.1) is 0 Å². The predicted molar refractivity (Wildman–Crippen MR) is 83.5 cm³/mol. The van der Waals surface area contributed by atoms with Crippen LogP contribution in [0.3, 0.4) is 0 Å². The Labute approximate surface area is 134 Å². The Morgan fingerprint density at radius 2 is 1.91 bits per heavy atom. The lowest BCUT2D eigenvalue weighted by atomic mass is 9.97. The third-order valence-electron chi connectivity index (χ3n) is 3.93. The fraction of sp³-hybridized carbons (Fsp3) is 0.222. The molecule has 0 aliphatic carbocycles. The zero-order chi connectivity index (χ0) is 16.4. The van der Waals surface area contributed by atoms with Gasteiger partial charge in [-0.05, 0) is 18.1 Å². The minimum atomic E-state index is -0.420. The molecule has 118 valence electrons. The molecule has 2 aromatic carbocycles. The lowest BCUT2D eigenvalue weighted by Crippen LogP contribution is -2.27. The first kappa shape index (κ1) is 15.2. The molecule has 3 rings (SSSR count). The number of benzene rings is 2. The summed E-state index contributed by atoms with van der Waals surface area (Å²) in [6.07, 6.45) is 0.406. The largest absolute Gasteiger partial charge is 0.488 e. The van der Waals surface area contributed by atoms with Gasteiger partial charge in [0.2, 0.25) is 5.91 Å². The molecule has 0 radical (unpaired) electrons. The second-order valence-electron chi connectivity index (χ2n) is 5.46. The summed E-state index contributed by atoms with van der Waals surface area (Å²) in [6, 6.07) is 12.8. The summed E-state index contributed by atoms with van der Waals surface area (Å²) >= 11 is 0. The monoisotopic (exact) mass is 311 g/mol. The van der Waals surface area contributed by atoms with Crippen molar-refractivity contribution in [1.29, 1.82) is 0 Å². The van der Waals surface area contributed by atoms with Gasteiger partial charge in [-0.25, -0.2) is 5.06 Å². The quantitative estimate of drug-likeness (QED) is 0.699. The number of rotatable bonds is 3. The smallest absolute Gasteiger partial charge is 0.242 e. The van der Waals surface area contributed by atoms with E-state index in [-0.39, 0.29) is 12.3 Å². The van der Waals surface area contributed by atoms with Crippen molar-refractivity contribution in [3.05, 3.63) is 64.7 Å². The molecular weight excluding hydrogens is 294 g/mol. The minimum absolute atomic E-state index is 0.0672. The Kier molecular flexibility index (Phi) is 4.12. The second-order valence-corrected chi connectivity index (χ2v) is 5.46. The SMILES string of the molecule is CC(=O)N(O)CCc1cccc2c1OCc1ccccc1C2=O. The number of ether oxygens (including phenoxy) is 1. The molecule has 0 atom stereocenters. The van der Waals surface area contributed by atoms with Gasteiger partial charge < -0.3 is 4.74 Å². The van der Waals surface area contributed by atoms with Crippen LogP contribution in [0.25, 0.3) is 0 Å². The van der Waals surface area contributed by atoms with Gasteiger partial charge in [-0.3, -0.25) is 14.8 Å². The lowest BCUT2D eigenvalue weighted by Gasteiger charge is -2.15. The molecule has 0 bridgehead atoms. The number of nitrogens with zero attached hydrogens (tertiary/aromatic N) is 1. The summed E-state index contributed by atoms with van der Waals surface area (Å²) in [6.45, 7) is 1.76. The van der Waals surface area contributed by atoms with E-state index in [0.717, 1.165) is 11.1 Å². The van der Waals surface area contributed by atoms with Crippen LogP contribution in [0.4, 0.5) is 0 Å². The Hall–Kier alpha value is -2.66. The number of carbonyl (C=O) groups is 2. The van der Waals surface area contributed by atoms with Crippen molar-refractivity contribution in [2.75, 3.05) is 6.54 Å². The topological polar surface area (TPSA) is 66.8 Å². The maximum atomic E-state index is 12.7. The van der Waals surface area contributed by atoms with E-state index < -0.39 is 5.91 Å². The van der Waals surface area contributed by atoms with Gasteiger partial charge in [0, 0.05) is 18.1 Å². The summed E-state index contributed by atoms with van der Waals surface area (Å²) in [5, 5.41) is 10.2. The van der Waals surface area contributed by atoms with Crippen molar-refractivity contribution in [3.8, 4) is 5.75 Å². The summed E-state index contributed by atoms with van der Waals surface area (Å²) in [4.78, 5) is 23.8. The maximum absolute atomic E-state index is 12.7. The van der Waals surface area contributed by atoms with Crippen LogP contribution < -0.4 is 4.74 Å². The van der Waals surface area contributed by atoms with Crippen LogP contribution in [0.1, 0.15) is 34.0 Å². The number of hydrogen-bond donors (Lipinski definition) is 1. The summed E-state index contributed by atoms with van der Waals surface area (Å²) in [5.41, 5.74) is 2.81. The van der Waals surface area contributed by atoms with E-state index in [9.17, 15) is 14.8 Å². The first-order chi connectivity index (χ1) is 11.1. The van der Waals surface area contributed by atoms with Crippen LogP contribution in [-0.4, -0.2) is 28.5 Å². The van der Waals surface area contributed by atoms with E-state index >= 15 is 0 Å². The molecule has 5 nitrogen and oxygen atoms in total. The van der Waals surface area contributed by atoms with Crippen LogP contribution in [0.15, 0.2) is 42.5 Å². The lowest BCUT2D eigenvalue weighted by molar-refractivity contribution is -0.162. The Balaban J connectivity index is 1.93. The van der Waals surface area contributed by atoms with Gasteiger partial charge in [0.25, 0.3) is 0 Å². The molecule has 1 amide bonds. The number of carbonyl (C=O) groups excluding carboxylic acids is 2. The first-order valence-corrected chi connectivity index (χ1v) is 7.42. The number of amides is 1. The van der Waals surface area contributed by atoms with Crippen LogP contribution in [-0.2, 0) is 17.8 Å². The van der Waals surface area contributed by atoms with E-state index in [2.05, 4.69) is 0 Å². The third kappa shape index (κ3) is 2.96. The molecule has 0 unspecified atom stereocenters. The number of para-hydroxylation sites is 1. The van der Waals surface area contributed by atoms with Gasteiger partial charge in [0.05, 0.1) is 12.1 Å². The molecule has 2 aromatic rings. The van der Waals surface area contributed by atoms with Crippen molar-refractivity contribution in [1.82, 2.24) is 5.06 Å². The molecule has 1 heterocycles. The zero-order valence-corrected chi connectivity index (χ0v) is 12.8. The number of ketones is 1. The average Bonchev–Trinajstić information content (AvgIpc) is 2.71. The van der Waals surface area contributed by atoms with Crippen LogP contribution in [0.2, 0.25) is 0 Å². The third-order valence-corrected chi connectivity index (χ3v) is 3.93. The molecule has 1 aliphatic heterocycles. The van der Waals surface area contributed by atoms with Crippen LogP contribution >= 0.6 is 0 Å². The Morgan fingerprint density at radius 3 is 2.70 bits per heavy atom. The number of hydroxylamine groups is 2. The molecule has 1 N–H and O–H groups in total. The molecular formula is C18H17NO4. The van der Waals surface area contributed by atoms with E-state index in [1.54, 1.807) is 18.2 Å². The highest BCUT2D eigenvalue weighted by Gasteiger charge is 2.24. The fourth-order valence-electron chi connectivity index (χ4n) is 2.68. The zero-order valence-electron chi connectivity index (χ0n) is 12.8. The highest BCUT2D eigenvalue weighted by Crippen LogP contribution is 2.31. The maximum Gasteiger partial charge on any atom is 0.242 e. The summed E-state index contributed by atoms with van der Waals surface area (Å²) in [5.74, 6) is 0.0458. The highest BCUT2D eigenvalue weighted by molar-refractivity contribution is 6.12. The normalized spacial score (nSPS) is 12.7. The van der Waals surface area contributed by atoms with Gasteiger partial charge in [0.1, 0.15) is 12.4 Å². The van der Waals surface area contributed by atoms with Crippen molar-refractivity contribution < 1.29 is 19.5 Å². The number of fused-ring (bicyclic) bond motifs is 2. The molecule has 1 aliphatic rings. The minimum Gasteiger partial charge on any atom is -0.488 e. The fourth-order valence-corrected chi connectivity index (χ4v) is 2.68. The van der Waals surface area contributed by atoms with Gasteiger partial charge in [-0.15, -0.1) is 0 Å². The van der Waals surface area contributed by atoms with Gasteiger partial charge in [-0.1, -0.05) is 36.4 Å². The van der Waals surface area contributed by atoms with Crippen molar-refractivity contribution in [2.45, 2.75) is 20.0 Å². The summed E-state index contributed by atoms with van der Waals surface area (Å²) in [7, 11) is 0. The van der Waals surface area contributed by atoms with Crippen molar-refractivity contribution in [3.63, 3.8) is 0 Å². The Morgan fingerprint density at radius 1 is 1.17 bits per heavy atom. The first-order valence-electron chi connectivity index (χ1n) is 7.42. The van der Waals surface area contributed by atoms with E-state index in [0.29, 0.717) is 35.0 Å².